The first-order chi connectivity index (χ1) is 14.6. The molecule has 2 heterocycles. The van der Waals surface area contributed by atoms with Crippen LogP contribution in [0.1, 0.15) is 21.5 Å². The van der Waals surface area contributed by atoms with Crippen molar-refractivity contribution in [1.29, 1.82) is 0 Å². The van der Waals surface area contributed by atoms with E-state index in [0.29, 0.717) is 22.8 Å². The molecule has 148 valence electrons. The smallest absolute Gasteiger partial charge is 0.256 e. The summed E-state index contributed by atoms with van der Waals surface area (Å²) >= 11 is 0. The van der Waals surface area contributed by atoms with E-state index in [4.69, 9.17) is 14.5 Å². The highest BCUT2D eigenvalue weighted by molar-refractivity contribution is 6.13. The molecule has 30 heavy (non-hydrogen) atoms. The van der Waals surface area contributed by atoms with E-state index < -0.39 is 0 Å². The number of aromatic nitrogens is 1. The van der Waals surface area contributed by atoms with Crippen LogP contribution in [0.15, 0.2) is 66.7 Å². The van der Waals surface area contributed by atoms with Crippen molar-refractivity contribution in [1.82, 2.24) is 4.98 Å². The van der Waals surface area contributed by atoms with Gasteiger partial charge in [-0.25, -0.2) is 4.98 Å². The number of carbonyl (C=O) groups excluding carboxylic acids is 1. The van der Waals surface area contributed by atoms with Crippen LogP contribution in [-0.2, 0) is 0 Å². The maximum absolute atomic E-state index is 13.3. The average Bonchev–Trinajstić information content (AvgIpc) is 3.24. The van der Waals surface area contributed by atoms with Gasteiger partial charge in [0.15, 0.2) is 11.5 Å². The number of hydrogen-bond donors (Lipinski definition) is 1. The number of nitrogens with zero attached hydrogens (tertiary/aromatic N) is 1. The summed E-state index contributed by atoms with van der Waals surface area (Å²) in [6, 6.07) is 21.1. The number of carbonyl (C=O) groups is 1. The number of benzene rings is 3. The van der Waals surface area contributed by atoms with Crippen molar-refractivity contribution in [2.24, 2.45) is 0 Å². The summed E-state index contributed by atoms with van der Waals surface area (Å²) < 4.78 is 10.9. The van der Waals surface area contributed by atoms with Gasteiger partial charge in [-0.3, -0.25) is 4.79 Å². The Morgan fingerprint density at radius 3 is 2.67 bits per heavy atom. The van der Waals surface area contributed by atoms with Crippen LogP contribution in [0.2, 0.25) is 0 Å². The van der Waals surface area contributed by atoms with Crippen molar-refractivity contribution >= 4 is 22.5 Å². The zero-order valence-corrected chi connectivity index (χ0v) is 16.7. The van der Waals surface area contributed by atoms with E-state index in [9.17, 15) is 4.79 Å². The van der Waals surface area contributed by atoms with Crippen LogP contribution in [0, 0.1) is 13.8 Å². The molecule has 1 N–H and O–H groups in total. The molecular weight excluding hydrogens is 376 g/mol. The van der Waals surface area contributed by atoms with E-state index in [-0.39, 0.29) is 12.7 Å². The van der Waals surface area contributed by atoms with Gasteiger partial charge in [-0.05, 0) is 61.4 Å². The molecule has 0 bridgehead atoms. The van der Waals surface area contributed by atoms with Gasteiger partial charge < -0.3 is 14.8 Å². The number of pyridine rings is 1. The van der Waals surface area contributed by atoms with Gasteiger partial charge in [-0.1, -0.05) is 30.3 Å². The highest BCUT2D eigenvalue weighted by atomic mass is 16.7. The number of para-hydroxylation sites is 1. The molecule has 5 heteroatoms. The molecule has 4 aromatic rings. The van der Waals surface area contributed by atoms with Crippen LogP contribution in [0.5, 0.6) is 11.5 Å². The van der Waals surface area contributed by atoms with Gasteiger partial charge in [0.25, 0.3) is 5.91 Å². The van der Waals surface area contributed by atoms with Gasteiger partial charge in [0, 0.05) is 16.6 Å². The number of ether oxygens (including phenoxy) is 2. The molecule has 5 nitrogen and oxygen atoms in total. The summed E-state index contributed by atoms with van der Waals surface area (Å²) in [4.78, 5) is 18.1. The Bertz CT molecular complexity index is 1300. The first-order valence-corrected chi connectivity index (χ1v) is 9.77. The topological polar surface area (TPSA) is 60.5 Å². The standard InChI is InChI=1S/C25H20N2O3/c1-15-6-5-9-20(16(15)2)27-25(28)19-13-22(26-21-8-4-3-7-18(19)21)17-10-11-23-24(12-17)30-14-29-23/h3-13H,14H2,1-2H3,(H,27,28). The van der Waals surface area contributed by atoms with Crippen LogP contribution in [0.25, 0.3) is 22.2 Å². The average molecular weight is 396 g/mol. The second-order valence-electron chi connectivity index (χ2n) is 7.34. The molecule has 0 spiro atoms. The van der Waals surface area contributed by atoms with E-state index in [1.807, 2.05) is 80.6 Å². The minimum Gasteiger partial charge on any atom is -0.454 e. The predicted molar refractivity (Wildman–Crippen MR) is 117 cm³/mol. The zero-order chi connectivity index (χ0) is 20.7. The highest BCUT2D eigenvalue weighted by Crippen LogP contribution is 2.36. The van der Waals surface area contributed by atoms with Gasteiger partial charge in [0.05, 0.1) is 16.8 Å². The van der Waals surface area contributed by atoms with E-state index in [1.54, 1.807) is 0 Å². The Balaban J connectivity index is 1.60. The molecule has 0 saturated carbocycles. The molecule has 1 aliphatic heterocycles. The van der Waals surface area contributed by atoms with E-state index >= 15 is 0 Å². The summed E-state index contributed by atoms with van der Waals surface area (Å²) in [6.45, 7) is 4.26. The van der Waals surface area contributed by atoms with E-state index in [2.05, 4.69) is 5.32 Å². The Kier molecular flexibility index (Phi) is 4.36. The molecular formula is C25H20N2O3. The number of aryl methyl sites for hydroxylation is 1. The second kappa shape index (κ2) is 7.19. The summed E-state index contributed by atoms with van der Waals surface area (Å²) in [5.41, 5.74) is 5.91. The van der Waals surface area contributed by atoms with Gasteiger partial charge in [-0.2, -0.15) is 0 Å². The molecule has 3 aromatic carbocycles. The van der Waals surface area contributed by atoms with Crippen LogP contribution >= 0.6 is 0 Å². The second-order valence-corrected chi connectivity index (χ2v) is 7.34. The van der Waals surface area contributed by atoms with Gasteiger partial charge >= 0.3 is 0 Å². The fraction of sp³-hybridized carbons (Fsp3) is 0.120. The highest BCUT2D eigenvalue weighted by Gasteiger charge is 2.18. The van der Waals surface area contributed by atoms with Crippen molar-refractivity contribution in [3.63, 3.8) is 0 Å². The summed E-state index contributed by atoms with van der Waals surface area (Å²) in [7, 11) is 0. The van der Waals surface area contributed by atoms with Crippen molar-refractivity contribution < 1.29 is 14.3 Å². The molecule has 0 unspecified atom stereocenters. The van der Waals surface area contributed by atoms with Crippen LogP contribution in [0.4, 0.5) is 5.69 Å². The van der Waals surface area contributed by atoms with Crippen molar-refractivity contribution in [3.8, 4) is 22.8 Å². The third-order valence-electron chi connectivity index (χ3n) is 5.48. The lowest BCUT2D eigenvalue weighted by Crippen LogP contribution is -2.14. The fourth-order valence-electron chi connectivity index (χ4n) is 3.64. The normalized spacial score (nSPS) is 12.2. The van der Waals surface area contributed by atoms with Crippen molar-refractivity contribution in [2.75, 3.05) is 12.1 Å². The fourth-order valence-corrected chi connectivity index (χ4v) is 3.64. The summed E-state index contributed by atoms with van der Waals surface area (Å²) in [5, 5.41) is 3.88. The first kappa shape index (κ1) is 18.2. The number of fused-ring (bicyclic) bond motifs is 2. The van der Waals surface area contributed by atoms with Crippen LogP contribution < -0.4 is 14.8 Å². The molecule has 5 rings (SSSR count). The Labute approximate surface area is 174 Å². The minimum atomic E-state index is -0.163. The van der Waals surface area contributed by atoms with Crippen molar-refractivity contribution in [3.05, 3.63) is 83.4 Å². The molecule has 1 amide bonds. The zero-order valence-electron chi connectivity index (χ0n) is 16.7. The number of amides is 1. The molecule has 0 saturated heterocycles. The number of anilines is 1. The van der Waals surface area contributed by atoms with Gasteiger partial charge in [-0.15, -0.1) is 0 Å². The lowest BCUT2D eigenvalue weighted by molar-refractivity contribution is 0.102. The maximum Gasteiger partial charge on any atom is 0.256 e. The molecule has 1 aromatic heterocycles. The predicted octanol–water partition coefficient (Wildman–Crippen LogP) is 5.50. The molecule has 0 radical (unpaired) electrons. The van der Waals surface area contributed by atoms with Crippen molar-refractivity contribution in [2.45, 2.75) is 13.8 Å². The number of nitrogens with one attached hydrogen (secondary N) is 1. The van der Waals surface area contributed by atoms with Gasteiger partial charge in [0.2, 0.25) is 6.79 Å². The molecule has 1 aliphatic rings. The minimum absolute atomic E-state index is 0.163. The molecule has 0 fully saturated rings. The third-order valence-corrected chi connectivity index (χ3v) is 5.48. The number of hydrogen-bond acceptors (Lipinski definition) is 4. The van der Waals surface area contributed by atoms with E-state index in [0.717, 1.165) is 33.3 Å². The Morgan fingerprint density at radius 1 is 0.933 bits per heavy atom. The van der Waals surface area contributed by atoms with E-state index in [1.165, 1.54) is 0 Å². The van der Waals surface area contributed by atoms with Gasteiger partial charge in [0.1, 0.15) is 0 Å². The molecule has 0 atom stereocenters. The van der Waals surface area contributed by atoms with Crippen LogP contribution in [-0.4, -0.2) is 17.7 Å². The third kappa shape index (κ3) is 3.14. The molecule has 0 aliphatic carbocycles. The lowest BCUT2D eigenvalue weighted by Gasteiger charge is -2.13. The Morgan fingerprint density at radius 2 is 1.77 bits per heavy atom. The number of rotatable bonds is 3. The summed E-state index contributed by atoms with van der Waals surface area (Å²) in [6.07, 6.45) is 0. The lowest BCUT2D eigenvalue weighted by atomic mass is 10.0. The van der Waals surface area contributed by atoms with Crippen LogP contribution in [0.3, 0.4) is 0 Å². The largest absolute Gasteiger partial charge is 0.454 e. The SMILES string of the molecule is Cc1cccc(NC(=O)c2cc(-c3ccc4c(c3)OCO4)nc3ccccc23)c1C. The monoisotopic (exact) mass is 396 g/mol. The first-order valence-electron chi connectivity index (χ1n) is 9.77. The summed E-state index contributed by atoms with van der Waals surface area (Å²) in [5.74, 6) is 1.24. The maximum atomic E-state index is 13.3. The Hall–Kier alpha value is -3.86. The quantitative estimate of drug-likeness (QED) is 0.497.